The molecule has 188 valence electrons. The number of carbonyl (C=O) groups excluding carboxylic acids is 1. The third kappa shape index (κ3) is 6.52. The molecule has 1 unspecified atom stereocenters. The molecule has 0 saturated carbocycles. The van der Waals surface area contributed by atoms with Crippen molar-refractivity contribution in [3.05, 3.63) is 53.1 Å². The number of para-hydroxylation sites is 1. The van der Waals surface area contributed by atoms with E-state index in [0.29, 0.717) is 24.8 Å². The van der Waals surface area contributed by atoms with Crippen molar-refractivity contribution in [1.82, 2.24) is 15.1 Å². The summed E-state index contributed by atoms with van der Waals surface area (Å²) in [5.74, 6) is 0.711. The predicted octanol–water partition coefficient (Wildman–Crippen LogP) is 3.65. The molecule has 1 fully saturated rings. The molecule has 9 heteroatoms. The van der Waals surface area contributed by atoms with Gasteiger partial charge in [0.1, 0.15) is 11.9 Å². The van der Waals surface area contributed by atoms with Crippen LogP contribution in [0.4, 0.5) is 17.1 Å². The van der Waals surface area contributed by atoms with Crippen molar-refractivity contribution in [2.45, 2.75) is 19.4 Å². The monoisotopic (exact) mass is 499 g/mol. The maximum atomic E-state index is 11.8. The van der Waals surface area contributed by atoms with Crippen LogP contribution < -0.4 is 10.6 Å². The number of amidine groups is 1. The van der Waals surface area contributed by atoms with Crippen LogP contribution in [0, 0.1) is 0 Å². The molecule has 8 nitrogen and oxygen atoms in total. The van der Waals surface area contributed by atoms with Crippen molar-refractivity contribution in [3.8, 4) is 0 Å². The largest absolute Gasteiger partial charge is 0.465 e. The number of nitrogens with zero attached hydrogens (tertiary/aromatic N) is 3. The SMILES string of the molecule is CCOC(=O)C(COCCCN1CCN(C2=Nc3cc(Cl)ccc3Nc3ccccc32)CC1)NC. The number of piperazine rings is 1. The van der Waals surface area contributed by atoms with Crippen LogP contribution in [0.2, 0.25) is 5.02 Å². The number of aliphatic imine (C=N–C) groups is 1. The van der Waals surface area contributed by atoms with E-state index in [1.54, 1.807) is 14.0 Å². The molecule has 1 atom stereocenters. The highest BCUT2D eigenvalue weighted by Gasteiger charge is 2.25. The Morgan fingerprint density at radius 1 is 1.17 bits per heavy atom. The minimum atomic E-state index is -0.420. The van der Waals surface area contributed by atoms with Crippen molar-refractivity contribution in [1.29, 1.82) is 0 Å². The Bertz CT molecular complexity index is 1040. The van der Waals surface area contributed by atoms with E-state index in [-0.39, 0.29) is 5.97 Å². The summed E-state index contributed by atoms with van der Waals surface area (Å²) in [5, 5.41) is 7.14. The van der Waals surface area contributed by atoms with Gasteiger partial charge in [0.25, 0.3) is 0 Å². The molecule has 2 N–H and O–H groups in total. The van der Waals surface area contributed by atoms with Crippen LogP contribution in [0.1, 0.15) is 18.9 Å². The Balaban J connectivity index is 1.30. The van der Waals surface area contributed by atoms with Crippen LogP contribution in [0.25, 0.3) is 0 Å². The first-order valence-electron chi connectivity index (χ1n) is 12.2. The molecule has 2 aliphatic heterocycles. The number of hydrogen-bond donors (Lipinski definition) is 2. The number of rotatable bonds is 9. The number of anilines is 2. The normalized spacial score (nSPS) is 16.4. The van der Waals surface area contributed by atoms with E-state index in [0.717, 1.165) is 67.6 Å². The van der Waals surface area contributed by atoms with Gasteiger partial charge in [-0.1, -0.05) is 23.7 Å². The lowest BCUT2D eigenvalue weighted by Crippen LogP contribution is -2.49. The lowest BCUT2D eigenvalue weighted by Gasteiger charge is -2.36. The summed E-state index contributed by atoms with van der Waals surface area (Å²) in [4.78, 5) is 21.7. The minimum Gasteiger partial charge on any atom is -0.465 e. The summed E-state index contributed by atoms with van der Waals surface area (Å²) in [6.45, 7) is 7.78. The van der Waals surface area contributed by atoms with Crippen molar-refractivity contribution in [2.24, 2.45) is 4.99 Å². The van der Waals surface area contributed by atoms with Crippen molar-refractivity contribution in [3.63, 3.8) is 0 Å². The number of carbonyl (C=O) groups is 1. The van der Waals surface area contributed by atoms with Crippen LogP contribution in [-0.2, 0) is 14.3 Å². The number of fused-ring (bicyclic) bond motifs is 2. The molecule has 0 aromatic heterocycles. The van der Waals surface area contributed by atoms with Gasteiger partial charge in [0, 0.05) is 55.6 Å². The highest BCUT2D eigenvalue weighted by atomic mass is 35.5. The highest BCUT2D eigenvalue weighted by Crippen LogP contribution is 2.36. The van der Waals surface area contributed by atoms with E-state index >= 15 is 0 Å². The van der Waals surface area contributed by atoms with E-state index in [1.807, 2.05) is 24.3 Å². The molecule has 0 spiro atoms. The summed E-state index contributed by atoms with van der Waals surface area (Å²) >= 11 is 6.27. The second-order valence-electron chi connectivity index (χ2n) is 8.62. The second-order valence-corrected chi connectivity index (χ2v) is 9.05. The van der Waals surface area contributed by atoms with Gasteiger partial charge in [-0.15, -0.1) is 0 Å². The van der Waals surface area contributed by atoms with Gasteiger partial charge in [-0.25, -0.2) is 4.99 Å². The number of esters is 1. The fourth-order valence-electron chi connectivity index (χ4n) is 4.34. The Hall–Kier alpha value is -2.65. The number of benzene rings is 2. The zero-order chi connectivity index (χ0) is 24.6. The number of ether oxygens (including phenoxy) is 2. The summed E-state index contributed by atoms with van der Waals surface area (Å²) < 4.78 is 10.8. The van der Waals surface area contributed by atoms with Gasteiger partial charge in [0.15, 0.2) is 0 Å². The summed E-state index contributed by atoms with van der Waals surface area (Å²) in [6, 6.07) is 13.6. The average Bonchev–Trinajstić information content (AvgIpc) is 3.03. The Labute approximate surface area is 212 Å². The second kappa shape index (κ2) is 12.4. The quantitative estimate of drug-likeness (QED) is 0.402. The Morgan fingerprint density at radius 3 is 2.74 bits per heavy atom. The maximum absolute atomic E-state index is 11.8. The van der Waals surface area contributed by atoms with Crippen molar-refractivity contribution >= 4 is 40.5 Å². The molecule has 2 aromatic rings. The first kappa shape index (κ1) is 25.4. The van der Waals surface area contributed by atoms with Gasteiger partial charge in [0.05, 0.1) is 24.6 Å². The summed E-state index contributed by atoms with van der Waals surface area (Å²) in [7, 11) is 1.74. The van der Waals surface area contributed by atoms with Crippen LogP contribution in [0.5, 0.6) is 0 Å². The Morgan fingerprint density at radius 2 is 1.97 bits per heavy atom. The number of nitrogens with one attached hydrogen (secondary N) is 2. The third-order valence-corrected chi connectivity index (χ3v) is 6.50. The molecule has 2 heterocycles. The number of halogens is 1. The zero-order valence-electron chi connectivity index (χ0n) is 20.4. The summed E-state index contributed by atoms with van der Waals surface area (Å²) in [6.07, 6.45) is 0.916. The topological polar surface area (TPSA) is 78.4 Å². The molecular weight excluding hydrogens is 466 g/mol. The summed E-state index contributed by atoms with van der Waals surface area (Å²) in [5.41, 5.74) is 3.96. The minimum absolute atomic E-state index is 0.269. The smallest absolute Gasteiger partial charge is 0.325 e. The zero-order valence-corrected chi connectivity index (χ0v) is 21.2. The van der Waals surface area contributed by atoms with E-state index in [9.17, 15) is 4.79 Å². The van der Waals surface area contributed by atoms with Crippen molar-refractivity contribution in [2.75, 3.05) is 64.9 Å². The van der Waals surface area contributed by atoms with Gasteiger partial charge in [-0.05, 0) is 50.7 Å². The van der Waals surface area contributed by atoms with Gasteiger partial charge in [0.2, 0.25) is 0 Å². The lowest BCUT2D eigenvalue weighted by molar-refractivity contribution is -0.147. The number of likely N-dealkylation sites (N-methyl/N-ethyl adjacent to an activating group) is 1. The first-order chi connectivity index (χ1) is 17.1. The molecular formula is C26H34ClN5O3. The molecule has 1 saturated heterocycles. The fourth-order valence-corrected chi connectivity index (χ4v) is 4.50. The molecule has 4 rings (SSSR count). The van der Waals surface area contributed by atoms with Crippen LogP contribution >= 0.6 is 11.6 Å². The molecule has 2 aliphatic rings. The van der Waals surface area contributed by atoms with Gasteiger partial charge < -0.3 is 25.0 Å². The van der Waals surface area contributed by atoms with Gasteiger partial charge in [-0.2, -0.15) is 0 Å². The highest BCUT2D eigenvalue weighted by molar-refractivity contribution is 6.31. The lowest BCUT2D eigenvalue weighted by atomic mass is 10.1. The predicted molar refractivity (Wildman–Crippen MR) is 140 cm³/mol. The standard InChI is InChI=1S/C26H34ClN5O3/c1-3-35-26(33)24(28-2)18-34-16-6-11-31-12-14-32(15-13-31)25-20-7-4-5-8-21(20)29-22-10-9-19(27)17-23(22)30-25/h4-5,7-10,17,24,28-29H,3,6,11-16,18H2,1-2H3. The molecule has 2 aromatic carbocycles. The van der Waals surface area contributed by atoms with Crippen molar-refractivity contribution < 1.29 is 14.3 Å². The van der Waals surface area contributed by atoms with E-state index in [1.165, 1.54) is 0 Å². The fraction of sp³-hybridized carbons (Fsp3) is 0.462. The molecule has 0 amide bonds. The van der Waals surface area contributed by atoms with Crippen LogP contribution in [0.15, 0.2) is 47.5 Å². The third-order valence-electron chi connectivity index (χ3n) is 6.26. The Kier molecular flexibility index (Phi) is 8.98. The van der Waals surface area contributed by atoms with Gasteiger partial charge in [-0.3, -0.25) is 9.69 Å². The van der Waals surface area contributed by atoms with E-state index in [2.05, 4.69) is 38.6 Å². The molecule has 0 radical (unpaired) electrons. The van der Waals surface area contributed by atoms with Gasteiger partial charge >= 0.3 is 5.97 Å². The van der Waals surface area contributed by atoms with E-state index in [4.69, 9.17) is 26.1 Å². The molecule has 0 aliphatic carbocycles. The maximum Gasteiger partial charge on any atom is 0.325 e. The first-order valence-corrected chi connectivity index (χ1v) is 12.6. The van der Waals surface area contributed by atoms with Crippen LogP contribution in [0.3, 0.4) is 0 Å². The average molecular weight is 500 g/mol. The van der Waals surface area contributed by atoms with E-state index < -0.39 is 6.04 Å². The number of hydrogen-bond acceptors (Lipinski definition) is 8. The van der Waals surface area contributed by atoms with Crippen LogP contribution in [-0.4, -0.2) is 87.2 Å². The molecule has 35 heavy (non-hydrogen) atoms. The molecule has 0 bridgehead atoms.